The van der Waals surface area contributed by atoms with Gasteiger partial charge in [-0.05, 0) is 57.1 Å². The fourth-order valence-corrected chi connectivity index (χ4v) is 5.25. The molecule has 2 aromatic carbocycles. The number of aromatic nitrogens is 2. The molecule has 0 amide bonds. The molecule has 1 aliphatic rings. The number of para-hydroxylation sites is 1. The van der Waals surface area contributed by atoms with Crippen molar-refractivity contribution in [3.63, 3.8) is 0 Å². The highest BCUT2D eigenvalue weighted by Gasteiger charge is 2.20. The minimum atomic E-state index is -0.0740. The van der Waals surface area contributed by atoms with E-state index in [9.17, 15) is 4.79 Å². The van der Waals surface area contributed by atoms with Gasteiger partial charge in [-0.15, -0.1) is 0 Å². The van der Waals surface area contributed by atoms with Crippen molar-refractivity contribution >= 4 is 22.7 Å². The average molecular weight is 440 g/mol. The summed E-state index contributed by atoms with van der Waals surface area (Å²) in [7, 11) is 5.41. The van der Waals surface area contributed by atoms with Gasteiger partial charge in [-0.3, -0.25) is 9.36 Å². The van der Waals surface area contributed by atoms with E-state index in [0.29, 0.717) is 28.1 Å². The van der Waals surface area contributed by atoms with E-state index in [-0.39, 0.29) is 5.56 Å². The van der Waals surface area contributed by atoms with E-state index in [4.69, 9.17) is 14.5 Å². The lowest BCUT2D eigenvalue weighted by atomic mass is 10.0. The Kier molecular flexibility index (Phi) is 6.83. The van der Waals surface area contributed by atoms with Crippen LogP contribution < -0.4 is 15.0 Å². The second-order valence-electron chi connectivity index (χ2n) is 7.86. The summed E-state index contributed by atoms with van der Waals surface area (Å²) in [5.41, 5.74) is 1.37. The molecule has 164 valence electrons. The van der Waals surface area contributed by atoms with E-state index in [0.717, 1.165) is 23.4 Å². The highest BCUT2D eigenvalue weighted by molar-refractivity contribution is 7.99. The topological polar surface area (TPSA) is 56.6 Å². The van der Waals surface area contributed by atoms with Gasteiger partial charge in [0.1, 0.15) is 0 Å². The molecule has 1 fully saturated rings. The molecule has 1 atom stereocenters. The number of likely N-dealkylation sites (tertiary alicyclic amines) is 1. The monoisotopic (exact) mass is 439 g/mol. The van der Waals surface area contributed by atoms with Crippen molar-refractivity contribution in [1.29, 1.82) is 0 Å². The summed E-state index contributed by atoms with van der Waals surface area (Å²) in [6.45, 7) is 1.17. The van der Waals surface area contributed by atoms with E-state index in [2.05, 4.69) is 11.9 Å². The third-order valence-corrected chi connectivity index (χ3v) is 6.95. The molecule has 1 saturated heterocycles. The molecule has 4 rings (SSSR count). The fourth-order valence-electron chi connectivity index (χ4n) is 4.20. The number of nitrogens with zero attached hydrogens (tertiary/aromatic N) is 3. The van der Waals surface area contributed by atoms with Gasteiger partial charge in [-0.1, -0.05) is 30.3 Å². The van der Waals surface area contributed by atoms with E-state index in [1.54, 1.807) is 30.5 Å². The number of ether oxygens (including phenoxy) is 2. The van der Waals surface area contributed by atoms with Gasteiger partial charge in [-0.2, -0.15) is 0 Å². The van der Waals surface area contributed by atoms with Crippen LogP contribution in [0.5, 0.6) is 11.5 Å². The van der Waals surface area contributed by atoms with Gasteiger partial charge in [-0.25, -0.2) is 4.98 Å². The van der Waals surface area contributed by atoms with Crippen molar-refractivity contribution in [1.82, 2.24) is 14.5 Å². The second-order valence-corrected chi connectivity index (χ2v) is 8.92. The molecule has 7 heteroatoms. The molecule has 0 bridgehead atoms. The minimum Gasteiger partial charge on any atom is -0.493 e. The van der Waals surface area contributed by atoms with Crippen LogP contribution in [0, 0.1) is 0 Å². The Hall–Kier alpha value is -2.51. The zero-order valence-corrected chi connectivity index (χ0v) is 19.2. The predicted molar refractivity (Wildman–Crippen MR) is 126 cm³/mol. The predicted octanol–water partition coefficient (Wildman–Crippen LogP) is 4.37. The van der Waals surface area contributed by atoms with Gasteiger partial charge >= 0.3 is 0 Å². The first-order valence-electron chi connectivity index (χ1n) is 10.7. The molecule has 6 nitrogen and oxygen atoms in total. The van der Waals surface area contributed by atoms with Crippen molar-refractivity contribution in [2.75, 3.05) is 33.6 Å². The number of thioether (sulfide) groups is 1. The van der Waals surface area contributed by atoms with E-state index < -0.39 is 0 Å². The van der Waals surface area contributed by atoms with Crippen LogP contribution in [0.4, 0.5) is 0 Å². The van der Waals surface area contributed by atoms with Crippen LogP contribution in [0.2, 0.25) is 0 Å². The molecule has 0 radical (unpaired) electrons. The number of hydrogen-bond acceptors (Lipinski definition) is 6. The number of piperidine rings is 1. The molecule has 0 saturated carbocycles. The molecule has 0 spiro atoms. The number of methoxy groups -OCH3 is 2. The highest BCUT2D eigenvalue weighted by atomic mass is 32.2. The van der Waals surface area contributed by atoms with Gasteiger partial charge in [0.2, 0.25) is 0 Å². The molecule has 3 aromatic rings. The van der Waals surface area contributed by atoms with E-state index in [1.807, 2.05) is 42.5 Å². The van der Waals surface area contributed by atoms with Crippen molar-refractivity contribution in [3.8, 4) is 17.2 Å². The number of benzene rings is 2. The first-order valence-corrected chi connectivity index (χ1v) is 11.7. The standard InChI is InChI=1S/C24H29N3O3S/c1-26-14-7-6-8-17(26)13-15-31-24-25-20-10-5-4-9-19(20)23(28)27(24)18-11-12-21(29-2)22(16-18)30-3/h4-5,9-12,16-17H,6-8,13-15H2,1-3H3/t17-/m1/s1. The normalized spacial score (nSPS) is 17.1. The molecule has 31 heavy (non-hydrogen) atoms. The van der Waals surface area contributed by atoms with E-state index in [1.165, 1.54) is 25.8 Å². The Morgan fingerprint density at radius 2 is 1.90 bits per heavy atom. The Morgan fingerprint density at radius 1 is 1.10 bits per heavy atom. The maximum absolute atomic E-state index is 13.5. The van der Waals surface area contributed by atoms with Crippen LogP contribution in [0.3, 0.4) is 0 Å². The molecule has 2 heterocycles. The van der Waals surface area contributed by atoms with Crippen LogP contribution >= 0.6 is 11.8 Å². The first kappa shape index (κ1) is 21.7. The zero-order chi connectivity index (χ0) is 21.8. The summed E-state index contributed by atoms with van der Waals surface area (Å²) >= 11 is 1.64. The van der Waals surface area contributed by atoms with Crippen molar-refractivity contribution in [2.24, 2.45) is 0 Å². The summed E-state index contributed by atoms with van der Waals surface area (Å²) in [6.07, 6.45) is 4.90. The number of fused-ring (bicyclic) bond motifs is 1. The second kappa shape index (κ2) is 9.75. The third kappa shape index (κ3) is 4.57. The SMILES string of the molecule is COc1ccc(-n2c(SCC[C@H]3CCCCN3C)nc3ccccc3c2=O)cc1OC. The lowest BCUT2D eigenvalue weighted by molar-refractivity contribution is 0.182. The van der Waals surface area contributed by atoms with Crippen molar-refractivity contribution < 1.29 is 9.47 Å². The van der Waals surface area contributed by atoms with Crippen LogP contribution in [-0.2, 0) is 0 Å². The molecule has 0 aliphatic carbocycles. The Morgan fingerprint density at radius 3 is 2.68 bits per heavy atom. The Bertz CT molecular complexity index is 1110. The lowest BCUT2D eigenvalue weighted by Crippen LogP contribution is -2.36. The molecular formula is C24H29N3O3S. The summed E-state index contributed by atoms with van der Waals surface area (Å²) in [5, 5.41) is 1.31. The Labute approximate surface area is 187 Å². The van der Waals surface area contributed by atoms with Gasteiger partial charge in [0.25, 0.3) is 5.56 Å². The average Bonchev–Trinajstić information content (AvgIpc) is 2.80. The van der Waals surface area contributed by atoms with E-state index >= 15 is 0 Å². The van der Waals surface area contributed by atoms with Gasteiger partial charge in [0, 0.05) is 17.9 Å². The molecule has 1 aliphatic heterocycles. The summed E-state index contributed by atoms with van der Waals surface area (Å²) in [5.74, 6) is 2.12. The zero-order valence-electron chi connectivity index (χ0n) is 18.3. The van der Waals surface area contributed by atoms with Gasteiger partial charge in [0.05, 0.1) is 30.8 Å². The summed E-state index contributed by atoms with van der Waals surface area (Å²) in [4.78, 5) is 20.8. The maximum Gasteiger partial charge on any atom is 0.266 e. The van der Waals surface area contributed by atoms with Crippen LogP contribution in [-0.4, -0.2) is 54.1 Å². The van der Waals surface area contributed by atoms with Crippen LogP contribution in [0.15, 0.2) is 52.4 Å². The highest BCUT2D eigenvalue weighted by Crippen LogP contribution is 2.31. The quantitative estimate of drug-likeness (QED) is 0.403. The van der Waals surface area contributed by atoms with Gasteiger partial charge < -0.3 is 14.4 Å². The first-order chi connectivity index (χ1) is 15.1. The van der Waals surface area contributed by atoms with Crippen molar-refractivity contribution in [3.05, 3.63) is 52.8 Å². The minimum absolute atomic E-state index is 0.0740. The smallest absolute Gasteiger partial charge is 0.266 e. The van der Waals surface area contributed by atoms with Crippen LogP contribution in [0.25, 0.3) is 16.6 Å². The molecule has 1 aromatic heterocycles. The van der Waals surface area contributed by atoms with Crippen molar-refractivity contribution in [2.45, 2.75) is 36.9 Å². The Balaban J connectivity index is 1.71. The lowest BCUT2D eigenvalue weighted by Gasteiger charge is -2.32. The molecule has 0 unspecified atom stereocenters. The summed E-state index contributed by atoms with van der Waals surface area (Å²) < 4.78 is 12.5. The third-order valence-electron chi connectivity index (χ3n) is 5.97. The van der Waals surface area contributed by atoms with Gasteiger partial charge in [0.15, 0.2) is 16.7 Å². The summed E-state index contributed by atoms with van der Waals surface area (Å²) in [6, 6.07) is 13.6. The molecular weight excluding hydrogens is 410 g/mol. The fraction of sp³-hybridized carbons (Fsp3) is 0.417. The largest absolute Gasteiger partial charge is 0.493 e. The number of hydrogen-bond donors (Lipinski definition) is 0. The van der Waals surface area contributed by atoms with Crippen LogP contribution in [0.1, 0.15) is 25.7 Å². The maximum atomic E-state index is 13.5. The number of rotatable bonds is 7. The molecule has 0 N–H and O–H groups in total.